The van der Waals surface area contributed by atoms with Gasteiger partial charge in [-0.25, -0.2) is 10.8 Å². The van der Waals surface area contributed by atoms with Crippen LogP contribution < -0.4 is 16.2 Å². The maximum Gasteiger partial charge on any atom is 0.227 e. The molecular weight excluding hydrogens is 190 g/mol. The van der Waals surface area contributed by atoms with E-state index >= 15 is 0 Å². The molecule has 2 rings (SSSR count). The minimum absolute atomic E-state index is 0.726. The lowest BCUT2D eigenvalue weighted by atomic mass is 9.96. The summed E-state index contributed by atoms with van der Waals surface area (Å²) in [6, 6.07) is 0. The average Bonchev–Trinajstić information content (AvgIpc) is 2.27. The van der Waals surface area contributed by atoms with Crippen molar-refractivity contribution in [1.82, 2.24) is 9.97 Å². The quantitative estimate of drug-likeness (QED) is 0.552. The lowest BCUT2D eigenvalue weighted by molar-refractivity contribution is 0.662. The van der Waals surface area contributed by atoms with Crippen LogP contribution in [-0.4, -0.2) is 24.1 Å². The van der Waals surface area contributed by atoms with Crippen LogP contribution in [0.15, 0.2) is 0 Å². The molecule has 5 nitrogen and oxygen atoms in total. The van der Waals surface area contributed by atoms with Crippen LogP contribution in [0.1, 0.15) is 24.1 Å². The summed E-state index contributed by atoms with van der Waals surface area (Å²) < 4.78 is 0. The first kappa shape index (κ1) is 10.2. The third-order valence-electron chi connectivity index (χ3n) is 2.71. The molecule has 0 spiro atoms. The van der Waals surface area contributed by atoms with Crippen molar-refractivity contribution in [2.24, 2.45) is 5.84 Å². The normalized spacial score (nSPS) is 14.6. The zero-order valence-electron chi connectivity index (χ0n) is 9.25. The predicted octanol–water partition coefficient (Wildman–Crippen LogP) is 0.707. The summed E-state index contributed by atoms with van der Waals surface area (Å²) in [5, 5.41) is 0. The van der Waals surface area contributed by atoms with Gasteiger partial charge in [-0.3, -0.25) is 0 Å². The van der Waals surface area contributed by atoms with E-state index in [0.29, 0.717) is 0 Å². The van der Waals surface area contributed by atoms with E-state index < -0.39 is 0 Å². The number of nitrogens with zero attached hydrogens (tertiary/aromatic N) is 3. The molecular formula is C10H17N5. The van der Waals surface area contributed by atoms with Crippen LogP contribution in [-0.2, 0) is 12.8 Å². The molecule has 1 aromatic heterocycles. The molecule has 1 aliphatic carbocycles. The van der Waals surface area contributed by atoms with Crippen molar-refractivity contribution in [2.45, 2.75) is 25.7 Å². The number of anilines is 2. The van der Waals surface area contributed by atoms with Gasteiger partial charge in [0, 0.05) is 19.7 Å². The van der Waals surface area contributed by atoms with Gasteiger partial charge in [0.05, 0.1) is 5.69 Å². The molecule has 1 aromatic rings. The lowest BCUT2D eigenvalue weighted by Crippen LogP contribution is -2.21. The molecule has 0 aromatic carbocycles. The fraction of sp³-hybridized carbons (Fsp3) is 0.600. The van der Waals surface area contributed by atoms with Gasteiger partial charge in [-0.05, 0) is 25.7 Å². The topological polar surface area (TPSA) is 67.1 Å². The summed E-state index contributed by atoms with van der Waals surface area (Å²) in [6.45, 7) is 0. The van der Waals surface area contributed by atoms with E-state index in [1.54, 1.807) is 0 Å². The molecule has 0 unspecified atom stereocenters. The van der Waals surface area contributed by atoms with Crippen molar-refractivity contribution in [3.63, 3.8) is 0 Å². The largest absolute Gasteiger partial charge is 0.347 e. The Hall–Kier alpha value is -1.36. The van der Waals surface area contributed by atoms with Gasteiger partial charge in [0.25, 0.3) is 0 Å². The van der Waals surface area contributed by atoms with Crippen LogP contribution >= 0.6 is 0 Å². The predicted molar refractivity (Wildman–Crippen MR) is 60.8 cm³/mol. The van der Waals surface area contributed by atoms with E-state index in [0.717, 1.165) is 30.3 Å². The van der Waals surface area contributed by atoms with Gasteiger partial charge in [0.1, 0.15) is 5.82 Å². The van der Waals surface area contributed by atoms with Crippen molar-refractivity contribution in [3.8, 4) is 0 Å². The minimum atomic E-state index is 0.726. The number of fused-ring (bicyclic) bond motifs is 1. The van der Waals surface area contributed by atoms with Gasteiger partial charge >= 0.3 is 0 Å². The number of rotatable bonds is 2. The highest BCUT2D eigenvalue weighted by atomic mass is 15.3. The Morgan fingerprint density at radius 2 is 1.93 bits per heavy atom. The van der Waals surface area contributed by atoms with Gasteiger partial charge in [-0.2, -0.15) is 4.98 Å². The number of hydrogen-bond donors (Lipinski definition) is 2. The molecule has 0 amide bonds. The molecule has 1 aliphatic rings. The highest BCUT2D eigenvalue weighted by Gasteiger charge is 2.17. The summed E-state index contributed by atoms with van der Waals surface area (Å²) in [6.07, 6.45) is 4.48. The van der Waals surface area contributed by atoms with E-state index in [-0.39, 0.29) is 0 Å². The second-order valence-electron chi connectivity index (χ2n) is 4.04. The van der Waals surface area contributed by atoms with Gasteiger partial charge < -0.3 is 10.3 Å². The molecule has 0 radical (unpaired) electrons. The van der Waals surface area contributed by atoms with Gasteiger partial charge in [0.15, 0.2) is 0 Å². The van der Waals surface area contributed by atoms with Gasteiger partial charge in [-0.1, -0.05) is 0 Å². The molecule has 82 valence electrons. The molecule has 0 aliphatic heterocycles. The second kappa shape index (κ2) is 4.02. The van der Waals surface area contributed by atoms with E-state index in [1.165, 1.54) is 18.4 Å². The molecule has 0 saturated carbocycles. The fourth-order valence-electron chi connectivity index (χ4n) is 1.90. The third-order valence-corrected chi connectivity index (χ3v) is 2.71. The summed E-state index contributed by atoms with van der Waals surface area (Å²) in [7, 11) is 3.87. The van der Waals surface area contributed by atoms with E-state index in [1.807, 2.05) is 19.0 Å². The molecule has 0 bridgehead atoms. The first-order valence-corrected chi connectivity index (χ1v) is 5.26. The third kappa shape index (κ3) is 1.87. The standard InChI is InChI=1S/C10H17N5/c1-15(2)10-12-8-6-4-3-5-7(8)9(13-10)14-11/h3-6,11H2,1-2H3,(H,12,13,14). The monoisotopic (exact) mass is 207 g/mol. The van der Waals surface area contributed by atoms with Crippen molar-refractivity contribution in [1.29, 1.82) is 0 Å². The van der Waals surface area contributed by atoms with Crippen LogP contribution in [0, 0.1) is 0 Å². The van der Waals surface area contributed by atoms with Gasteiger partial charge in [0.2, 0.25) is 5.95 Å². The Morgan fingerprint density at radius 1 is 1.20 bits per heavy atom. The molecule has 3 N–H and O–H groups in total. The number of nitrogens with two attached hydrogens (primary N) is 1. The van der Waals surface area contributed by atoms with Crippen molar-refractivity contribution >= 4 is 11.8 Å². The highest BCUT2D eigenvalue weighted by molar-refractivity contribution is 5.51. The molecule has 0 atom stereocenters. The Morgan fingerprint density at radius 3 is 2.60 bits per heavy atom. The summed E-state index contributed by atoms with van der Waals surface area (Å²) in [4.78, 5) is 10.8. The fourth-order valence-corrected chi connectivity index (χ4v) is 1.90. The number of nitrogens with one attached hydrogen (secondary N) is 1. The van der Waals surface area contributed by atoms with Crippen LogP contribution in [0.4, 0.5) is 11.8 Å². The maximum absolute atomic E-state index is 5.48. The first-order chi connectivity index (χ1) is 7.22. The van der Waals surface area contributed by atoms with E-state index in [9.17, 15) is 0 Å². The SMILES string of the molecule is CN(C)c1nc2c(c(NN)n1)CCCC2. The molecule has 15 heavy (non-hydrogen) atoms. The summed E-state index contributed by atoms with van der Waals surface area (Å²) in [5.41, 5.74) is 5.01. The zero-order valence-corrected chi connectivity index (χ0v) is 9.25. The average molecular weight is 207 g/mol. The molecule has 0 fully saturated rings. The number of hydrazine groups is 1. The molecule has 0 saturated heterocycles. The number of aryl methyl sites for hydroxylation is 1. The highest BCUT2D eigenvalue weighted by Crippen LogP contribution is 2.26. The van der Waals surface area contributed by atoms with Crippen molar-refractivity contribution in [3.05, 3.63) is 11.3 Å². The van der Waals surface area contributed by atoms with Crippen LogP contribution in [0.3, 0.4) is 0 Å². The van der Waals surface area contributed by atoms with Crippen LogP contribution in [0.25, 0.3) is 0 Å². The Bertz CT molecular complexity index is 344. The maximum atomic E-state index is 5.48. The van der Waals surface area contributed by atoms with E-state index in [4.69, 9.17) is 5.84 Å². The number of hydrogen-bond acceptors (Lipinski definition) is 5. The number of nitrogen functional groups attached to an aromatic ring is 1. The molecule has 1 heterocycles. The summed E-state index contributed by atoms with van der Waals surface area (Å²) >= 11 is 0. The lowest BCUT2D eigenvalue weighted by Gasteiger charge is -2.20. The molecule has 5 heteroatoms. The zero-order chi connectivity index (χ0) is 10.8. The van der Waals surface area contributed by atoms with Crippen LogP contribution in [0.5, 0.6) is 0 Å². The minimum Gasteiger partial charge on any atom is -0.347 e. The Balaban J connectivity index is 2.48. The number of aromatic nitrogens is 2. The second-order valence-corrected chi connectivity index (χ2v) is 4.04. The first-order valence-electron chi connectivity index (χ1n) is 5.26. The smallest absolute Gasteiger partial charge is 0.227 e. The van der Waals surface area contributed by atoms with E-state index in [2.05, 4.69) is 15.4 Å². The van der Waals surface area contributed by atoms with Crippen molar-refractivity contribution < 1.29 is 0 Å². The summed E-state index contributed by atoms with van der Waals surface area (Å²) in [5.74, 6) is 6.99. The Kier molecular flexibility index (Phi) is 2.73. The van der Waals surface area contributed by atoms with Gasteiger partial charge in [-0.15, -0.1) is 0 Å². The van der Waals surface area contributed by atoms with Crippen molar-refractivity contribution in [2.75, 3.05) is 24.4 Å². The Labute approximate surface area is 89.7 Å². The van der Waals surface area contributed by atoms with Crippen LogP contribution in [0.2, 0.25) is 0 Å².